The van der Waals surface area contributed by atoms with Crippen molar-refractivity contribution in [3.05, 3.63) is 0 Å². The molecule has 1 saturated heterocycles. The Morgan fingerprint density at radius 2 is 2.11 bits per heavy atom. The van der Waals surface area contributed by atoms with Crippen molar-refractivity contribution in [2.75, 3.05) is 13.6 Å². The first-order chi connectivity index (χ1) is 8.81. The number of carboxylic acids is 1. The number of urea groups is 1. The van der Waals surface area contributed by atoms with Crippen molar-refractivity contribution in [2.24, 2.45) is 5.92 Å². The van der Waals surface area contributed by atoms with Gasteiger partial charge in [0.2, 0.25) is 5.91 Å². The highest BCUT2D eigenvalue weighted by molar-refractivity contribution is 5.89. The number of nitrogens with zero attached hydrogens (tertiary/aromatic N) is 1. The topological polar surface area (TPSA) is 98.7 Å². The minimum atomic E-state index is -1.07. The van der Waals surface area contributed by atoms with Crippen LogP contribution < -0.4 is 10.6 Å². The Morgan fingerprint density at radius 1 is 1.47 bits per heavy atom. The van der Waals surface area contributed by atoms with Crippen molar-refractivity contribution in [1.82, 2.24) is 15.5 Å². The van der Waals surface area contributed by atoms with Gasteiger partial charge < -0.3 is 20.6 Å². The zero-order valence-electron chi connectivity index (χ0n) is 11.5. The van der Waals surface area contributed by atoms with Crippen LogP contribution in [0.4, 0.5) is 4.79 Å². The molecule has 0 aromatic heterocycles. The third-order valence-corrected chi connectivity index (χ3v) is 3.04. The lowest BCUT2D eigenvalue weighted by atomic mass is 10.0. The number of likely N-dealkylation sites (N-methyl/N-ethyl adjacent to an activating group) is 1. The zero-order chi connectivity index (χ0) is 14.6. The zero-order valence-corrected chi connectivity index (χ0v) is 11.5. The second-order valence-electron chi connectivity index (χ2n) is 5.24. The van der Waals surface area contributed by atoms with Gasteiger partial charge in [0.15, 0.2) is 0 Å². The van der Waals surface area contributed by atoms with E-state index in [1.807, 2.05) is 13.8 Å². The van der Waals surface area contributed by atoms with Crippen LogP contribution in [0, 0.1) is 5.92 Å². The summed E-state index contributed by atoms with van der Waals surface area (Å²) in [5.41, 5.74) is 0. The average Bonchev–Trinajstić information content (AvgIpc) is 2.59. The highest BCUT2D eigenvalue weighted by atomic mass is 16.4. The number of aliphatic carboxylic acids is 1. The van der Waals surface area contributed by atoms with Crippen LogP contribution in [-0.2, 0) is 9.59 Å². The Labute approximate surface area is 112 Å². The smallest absolute Gasteiger partial charge is 0.326 e. The average molecular weight is 271 g/mol. The van der Waals surface area contributed by atoms with Crippen LogP contribution in [0.15, 0.2) is 0 Å². The largest absolute Gasteiger partial charge is 0.480 e. The van der Waals surface area contributed by atoms with E-state index in [0.717, 1.165) is 0 Å². The summed E-state index contributed by atoms with van der Waals surface area (Å²) in [7, 11) is 1.67. The monoisotopic (exact) mass is 271 g/mol. The molecule has 3 N–H and O–H groups in total. The summed E-state index contributed by atoms with van der Waals surface area (Å²) in [6.07, 6.45) is 0.895. The molecule has 1 fully saturated rings. The van der Waals surface area contributed by atoms with E-state index in [2.05, 4.69) is 10.6 Å². The number of carbonyl (C=O) groups is 3. The molecule has 7 nitrogen and oxygen atoms in total. The molecule has 108 valence electrons. The SMILES string of the molecule is CC(C)CC(NC(=O)NC1CCN(C)C1=O)C(=O)O. The Morgan fingerprint density at radius 3 is 2.53 bits per heavy atom. The van der Waals surface area contributed by atoms with Crippen LogP contribution in [0.25, 0.3) is 0 Å². The minimum Gasteiger partial charge on any atom is -0.480 e. The number of carbonyl (C=O) groups excluding carboxylic acids is 2. The molecule has 19 heavy (non-hydrogen) atoms. The molecule has 0 radical (unpaired) electrons. The van der Waals surface area contributed by atoms with Crippen LogP contribution in [-0.4, -0.2) is 53.6 Å². The molecule has 2 unspecified atom stereocenters. The lowest BCUT2D eigenvalue weighted by molar-refractivity contribution is -0.139. The predicted molar refractivity (Wildman–Crippen MR) is 68.6 cm³/mol. The van der Waals surface area contributed by atoms with E-state index in [1.54, 1.807) is 7.05 Å². The molecule has 1 rings (SSSR count). The Hall–Kier alpha value is -1.79. The molecular formula is C12H21N3O4. The number of hydrogen-bond acceptors (Lipinski definition) is 3. The fourth-order valence-corrected chi connectivity index (χ4v) is 2.01. The van der Waals surface area contributed by atoms with Crippen molar-refractivity contribution < 1.29 is 19.5 Å². The van der Waals surface area contributed by atoms with Crippen molar-refractivity contribution in [1.29, 1.82) is 0 Å². The van der Waals surface area contributed by atoms with Gasteiger partial charge in [-0.3, -0.25) is 4.79 Å². The Bertz CT molecular complexity index is 370. The maximum Gasteiger partial charge on any atom is 0.326 e. The number of rotatable bonds is 5. The lowest BCUT2D eigenvalue weighted by Crippen LogP contribution is -2.51. The minimum absolute atomic E-state index is 0.147. The van der Waals surface area contributed by atoms with Crippen molar-refractivity contribution in [3.8, 4) is 0 Å². The first kappa shape index (κ1) is 15.3. The molecule has 3 amide bonds. The number of amides is 3. The summed E-state index contributed by atoms with van der Waals surface area (Å²) < 4.78 is 0. The van der Waals surface area contributed by atoms with E-state index in [4.69, 9.17) is 5.11 Å². The number of likely N-dealkylation sites (tertiary alicyclic amines) is 1. The van der Waals surface area contributed by atoms with Gasteiger partial charge in [-0.05, 0) is 18.8 Å². The van der Waals surface area contributed by atoms with Gasteiger partial charge in [-0.15, -0.1) is 0 Å². The molecule has 1 aliphatic heterocycles. The van der Waals surface area contributed by atoms with E-state index in [1.165, 1.54) is 4.90 Å². The van der Waals surface area contributed by atoms with E-state index < -0.39 is 24.1 Å². The van der Waals surface area contributed by atoms with Crippen LogP contribution >= 0.6 is 0 Å². The summed E-state index contributed by atoms with van der Waals surface area (Å²) in [6.45, 7) is 4.36. The van der Waals surface area contributed by atoms with Crippen molar-refractivity contribution >= 4 is 17.9 Å². The van der Waals surface area contributed by atoms with Gasteiger partial charge in [0.1, 0.15) is 12.1 Å². The van der Waals surface area contributed by atoms with Crippen molar-refractivity contribution in [2.45, 2.75) is 38.8 Å². The van der Waals surface area contributed by atoms with E-state index in [0.29, 0.717) is 19.4 Å². The molecule has 0 aromatic carbocycles. The van der Waals surface area contributed by atoms with Gasteiger partial charge in [-0.2, -0.15) is 0 Å². The van der Waals surface area contributed by atoms with E-state index >= 15 is 0 Å². The fourth-order valence-electron chi connectivity index (χ4n) is 2.01. The van der Waals surface area contributed by atoms with Crippen LogP contribution in [0.1, 0.15) is 26.7 Å². The van der Waals surface area contributed by atoms with E-state index in [-0.39, 0.29) is 11.8 Å². The molecule has 0 aromatic rings. The van der Waals surface area contributed by atoms with Gasteiger partial charge in [0, 0.05) is 13.6 Å². The van der Waals surface area contributed by atoms with Gasteiger partial charge in [0.05, 0.1) is 0 Å². The summed E-state index contributed by atoms with van der Waals surface area (Å²) in [5.74, 6) is -1.06. The van der Waals surface area contributed by atoms with Crippen LogP contribution in [0.5, 0.6) is 0 Å². The van der Waals surface area contributed by atoms with Gasteiger partial charge in [-0.25, -0.2) is 9.59 Å². The third-order valence-electron chi connectivity index (χ3n) is 3.04. The van der Waals surface area contributed by atoms with Crippen molar-refractivity contribution in [3.63, 3.8) is 0 Å². The number of nitrogens with one attached hydrogen (secondary N) is 2. The standard InChI is InChI=1S/C12H21N3O4/c1-7(2)6-9(11(17)18)14-12(19)13-8-4-5-15(3)10(8)16/h7-9H,4-6H2,1-3H3,(H,17,18)(H2,13,14,19). The molecule has 1 aliphatic rings. The maximum atomic E-state index is 11.7. The second kappa shape index (κ2) is 6.40. The lowest BCUT2D eigenvalue weighted by Gasteiger charge is -2.18. The molecule has 0 aliphatic carbocycles. The second-order valence-corrected chi connectivity index (χ2v) is 5.24. The molecule has 0 bridgehead atoms. The number of carboxylic acid groups (broad SMARTS) is 1. The molecule has 0 saturated carbocycles. The first-order valence-corrected chi connectivity index (χ1v) is 6.36. The normalized spacial score (nSPS) is 20.5. The summed E-state index contributed by atoms with van der Waals surface area (Å²) >= 11 is 0. The van der Waals surface area contributed by atoms with Gasteiger partial charge in [0.25, 0.3) is 0 Å². The summed E-state index contributed by atoms with van der Waals surface area (Å²) in [6, 6.07) is -2.10. The summed E-state index contributed by atoms with van der Waals surface area (Å²) in [4.78, 5) is 35.8. The molecular weight excluding hydrogens is 250 g/mol. The number of hydrogen-bond donors (Lipinski definition) is 3. The van der Waals surface area contributed by atoms with Crippen LogP contribution in [0.2, 0.25) is 0 Å². The third kappa shape index (κ3) is 4.42. The highest BCUT2D eigenvalue weighted by Gasteiger charge is 2.31. The molecule has 0 spiro atoms. The van der Waals surface area contributed by atoms with E-state index in [9.17, 15) is 14.4 Å². The molecule has 7 heteroatoms. The van der Waals surface area contributed by atoms with Crippen LogP contribution in [0.3, 0.4) is 0 Å². The summed E-state index contributed by atoms with van der Waals surface area (Å²) in [5, 5.41) is 13.9. The Kier molecular flexibility index (Phi) is 5.14. The molecule has 2 atom stereocenters. The Balaban J connectivity index is 2.49. The predicted octanol–water partition coefficient (Wildman–Crippen LogP) is 0.0156. The fraction of sp³-hybridized carbons (Fsp3) is 0.750. The van der Waals surface area contributed by atoms with Gasteiger partial charge >= 0.3 is 12.0 Å². The quantitative estimate of drug-likeness (QED) is 0.656. The molecule has 1 heterocycles. The highest BCUT2D eigenvalue weighted by Crippen LogP contribution is 2.09. The van der Waals surface area contributed by atoms with Gasteiger partial charge in [-0.1, -0.05) is 13.8 Å². The first-order valence-electron chi connectivity index (χ1n) is 6.36. The maximum absolute atomic E-state index is 11.7.